The molecule has 78 valence electrons. The summed E-state index contributed by atoms with van der Waals surface area (Å²) in [4.78, 5) is 17.7. The zero-order valence-electron chi connectivity index (χ0n) is 7.96. The highest BCUT2D eigenvalue weighted by molar-refractivity contribution is 5.66. The summed E-state index contributed by atoms with van der Waals surface area (Å²) < 4.78 is 0. The summed E-state index contributed by atoms with van der Waals surface area (Å²) >= 11 is 0. The van der Waals surface area contributed by atoms with Crippen LogP contribution < -0.4 is 0 Å². The molecule has 0 spiro atoms. The first-order valence-electron chi connectivity index (χ1n) is 3.98. The highest BCUT2D eigenvalue weighted by atomic mass is 16.4. The molecule has 0 fully saturated rings. The third kappa shape index (κ3) is 22.5. The van der Waals surface area contributed by atoms with E-state index in [9.17, 15) is 4.79 Å². The fourth-order valence-electron chi connectivity index (χ4n) is 0.385. The number of carboxylic acids is 1. The molecule has 0 saturated heterocycles. The number of rotatable bonds is 1. The fourth-order valence-corrected chi connectivity index (χ4v) is 0.385. The zero-order chi connectivity index (χ0) is 11.2. The molecule has 0 heterocycles. The van der Waals surface area contributed by atoms with E-state index in [0.717, 1.165) is 0 Å². The van der Waals surface area contributed by atoms with Crippen LogP contribution in [0.1, 0.15) is 13.3 Å². The van der Waals surface area contributed by atoms with Crippen molar-refractivity contribution in [1.82, 2.24) is 0 Å². The number of hydrogen-bond donors (Lipinski definition) is 2. The molecule has 1 aromatic rings. The van der Waals surface area contributed by atoms with Crippen LogP contribution in [-0.2, 0) is 9.59 Å². The topological polar surface area (TPSA) is 74.6 Å². The van der Waals surface area contributed by atoms with Crippen LogP contribution in [0.2, 0.25) is 0 Å². The van der Waals surface area contributed by atoms with E-state index in [0.29, 0.717) is 0 Å². The van der Waals surface area contributed by atoms with Crippen molar-refractivity contribution < 1.29 is 19.8 Å². The minimum absolute atomic E-state index is 0.222. The van der Waals surface area contributed by atoms with Crippen molar-refractivity contribution in [3.8, 4) is 0 Å². The Balaban J connectivity index is 0. The van der Waals surface area contributed by atoms with Crippen LogP contribution in [0.25, 0.3) is 0 Å². The third-order valence-electron chi connectivity index (χ3n) is 0.969. The average molecular weight is 198 g/mol. The van der Waals surface area contributed by atoms with Gasteiger partial charge in [0.25, 0.3) is 6.47 Å². The second-order valence-electron chi connectivity index (χ2n) is 2.01. The molecule has 1 rings (SSSR count). The summed E-state index contributed by atoms with van der Waals surface area (Å²) in [7, 11) is 0. The molecule has 2 N–H and O–H groups in total. The Kier molecular flexibility index (Phi) is 14.4. The Labute approximate surface area is 82.8 Å². The first-order chi connectivity index (χ1) is 6.68. The fraction of sp³-hybridized carbons (Fsp3) is 0.200. The quantitative estimate of drug-likeness (QED) is 0.675. The molecule has 0 amide bonds. The molecule has 0 atom stereocenters. The van der Waals surface area contributed by atoms with Gasteiger partial charge < -0.3 is 10.2 Å². The van der Waals surface area contributed by atoms with E-state index in [-0.39, 0.29) is 12.9 Å². The molecule has 0 aliphatic rings. The molecule has 0 saturated carbocycles. The minimum atomic E-state index is -0.745. The van der Waals surface area contributed by atoms with Crippen molar-refractivity contribution >= 4 is 12.4 Å². The lowest BCUT2D eigenvalue weighted by Gasteiger charge is -1.71. The van der Waals surface area contributed by atoms with Crippen LogP contribution >= 0.6 is 0 Å². The van der Waals surface area contributed by atoms with E-state index in [1.165, 1.54) is 0 Å². The smallest absolute Gasteiger partial charge is 0.303 e. The molecule has 4 heteroatoms. The van der Waals surface area contributed by atoms with E-state index in [2.05, 4.69) is 0 Å². The van der Waals surface area contributed by atoms with Crippen LogP contribution in [-0.4, -0.2) is 22.7 Å². The molecular weight excluding hydrogens is 184 g/mol. The maximum absolute atomic E-state index is 9.37. The van der Waals surface area contributed by atoms with Crippen molar-refractivity contribution in [2.75, 3.05) is 0 Å². The Bertz CT molecular complexity index is 194. The molecule has 0 radical (unpaired) electrons. The zero-order valence-corrected chi connectivity index (χ0v) is 7.96. The molecule has 0 aliphatic heterocycles. The number of hydrogen-bond acceptors (Lipinski definition) is 2. The Morgan fingerprint density at radius 3 is 1.36 bits per heavy atom. The Morgan fingerprint density at radius 1 is 1.14 bits per heavy atom. The van der Waals surface area contributed by atoms with Crippen LogP contribution in [0.3, 0.4) is 0 Å². The van der Waals surface area contributed by atoms with Gasteiger partial charge in [0, 0.05) is 6.42 Å². The monoisotopic (exact) mass is 198 g/mol. The van der Waals surface area contributed by atoms with E-state index < -0.39 is 5.97 Å². The van der Waals surface area contributed by atoms with Crippen LogP contribution in [0.4, 0.5) is 0 Å². The number of carbonyl (C=O) groups is 2. The van der Waals surface area contributed by atoms with Gasteiger partial charge in [0.05, 0.1) is 0 Å². The summed E-state index contributed by atoms with van der Waals surface area (Å²) in [5.74, 6) is -0.745. The maximum Gasteiger partial charge on any atom is 0.303 e. The molecule has 0 bridgehead atoms. The normalized spacial score (nSPS) is 6.93. The lowest BCUT2D eigenvalue weighted by molar-refractivity contribution is -0.136. The summed E-state index contributed by atoms with van der Waals surface area (Å²) in [6.07, 6.45) is 0.222. The van der Waals surface area contributed by atoms with Gasteiger partial charge in [-0.25, -0.2) is 0 Å². The minimum Gasteiger partial charge on any atom is -0.483 e. The number of benzene rings is 1. The van der Waals surface area contributed by atoms with E-state index >= 15 is 0 Å². The molecule has 0 aliphatic carbocycles. The molecule has 4 nitrogen and oxygen atoms in total. The lowest BCUT2D eigenvalue weighted by atomic mass is 10.4. The standard InChI is InChI=1S/C6H6.C3H6O2.CH2O2/c1-2-4-6-5-3-1;1-2-3(4)5;2-1-3/h1-6H;2H2,1H3,(H,4,5);1H,(H,2,3). The number of carboxylic acid groups (broad SMARTS) is 2. The second kappa shape index (κ2) is 13.7. The third-order valence-corrected chi connectivity index (χ3v) is 0.969. The summed E-state index contributed by atoms with van der Waals surface area (Å²) in [5, 5.41) is 14.6. The van der Waals surface area contributed by atoms with Gasteiger partial charge >= 0.3 is 5.97 Å². The van der Waals surface area contributed by atoms with Crippen molar-refractivity contribution in [2.45, 2.75) is 13.3 Å². The largest absolute Gasteiger partial charge is 0.483 e. The van der Waals surface area contributed by atoms with Gasteiger partial charge in [0.1, 0.15) is 0 Å². The molecular formula is C10H14O4. The van der Waals surface area contributed by atoms with Gasteiger partial charge in [-0.3, -0.25) is 9.59 Å². The van der Waals surface area contributed by atoms with Gasteiger partial charge in [-0.15, -0.1) is 0 Å². The van der Waals surface area contributed by atoms with Crippen LogP contribution in [0.15, 0.2) is 36.4 Å². The van der Waals surface area contributed by atoms with Gasteiger partial charge in [-0.05, 0) is 0 Å². The van der Waals surface area contributed by atoms with Crippen molar-refractivity contribution in [1.29, 1.82) is 0 Å². The average Bonchev–Trinajstić information content (AvgIpc) is 2.22. The SMILES string of the molecule is CCC(=O)O.O=CO.c1ccccc1. The number of aliphatic carboxylic acids is 1. The Morgan fingerprint density at radius 2 is 1.29 bits per heavy atom. The predicted octanol–water partition coefficient (Wildman–Crippen LogP) is 1.87. The first-order valence-corrected chi connectivity index (χ1v) is 3.98. The summed E-state index contributed by atoms with van der Waals surface area (Å²) in [5.41, 5.74) is 0. The second-order valence-corrected chi connectivity index (χ2v) is 2.01. The predicted molar refractivity (Wildman–Crippen MR) is 53.1 cm³/mol. The Hall–Kier alpha value is -1.84. The lowest BCUT2D eigenvalue weighted by Crippen LogP contribution is -1.86. The van der Waals surface area contributed by atoms with Crippen LogP contribution in [0.5, 0.6) is 0 Å². The molecule has 0 unspecified atom stereocenters. The molecule has 14 heavy (non-hydrogen) atoms. The molecule has 1 aromatic carbocycles. The van der Waals surface area contributed by atoms with Gasteiger partial charge in [0.15, 0.2) is 0 Å². The van der Waals surface area contributed by atoms with Gasteiger partial charge in [0.2, 0.25) is 0 Å². The summed E-state index contributed by atoms with van der Waals surface area (Å²) in [6, 6.07) is 12.0. The maximum atomic E-state index is 9.37. The van der Waals surface area contributed by atoms with Crippen molar-refractivity contribution in [3.63, 3.8) is 0 Å². The first kappa shape index (κ1) is 14.7. The van der Waals surface area contributed by atoms with Gasteiger partial charge in [-0.2, -0.15) is 0 Å². The summed E-state index contributed by atoms with van der Waals surface area (Å²) in [6.45, 7) is 1.35. The molecule has 0 aromatic heterocycles. The van der Waals surface area contributed by atoms with Gasteiger partial charge in [-0.1, -0.05) is 43.3 Å². The van der Waals surface area contributed by atoms with Crippen molar-refractivity contribution in [3.05, 3.63) is 36.4 Å². The van der Waals surface area contributed by atoms with Crippen molar-refractivity contribution in [2.24, 2.45) is 0 Å². The highest BCUT2D eigenvalue weighted by Gasteiger charge is 1.80. The highest BCUT2D eigenvalue weighted by Crippen LogP contribution is 1.79. The van der Waals surface area contributed by atoms with E-state index in [1.807, 2.05) is 36.4 Å². The van der Waals surface area contributed by atoms with E-state index in [1.54, 1.807) is 6.92 Å². The van der Waals surface area contributed by atoms with Crippen LogP contribution in [0, 0.1) is 0 Å². The van der Waals surface area contributed by atoms with E-state index in [4.69, 9.17) is 15.0 Å².